The first-order chi connectivity index (χ1) is 16.3. The van der Waals surface area contributed by atoms with Crippen molar-refractivity contribution in [2.45, 2.75) is 46.6 Å². The molecule has 34 heavy (non-hydrogen) atoms. The molecule has 0 unspecified atom stereocenters. The Morgan fingerprint density at radius 2 is 2.00 bits per heavy atom. The summed E-state index contributed by atoms with van der Waals surface area (Å²) in [5.74, 6) is 1.38. The van der Waals surface area contributed by atoms with Crippen molar-refractivity contribution in [1.29, 1.82) is 5.26 Å². The van der Waals surface area contributed by atoms with Crippen LogP contribution in [-0.4, -0.2) is 13.3 Å². The molecule has 0 amide bonds. The number of methoxy groups -OCH3 is 1. The first-order valence-corrected chi connectivity index (χ1v) is 12.2. The maximum absolute atomic E-state index is 13.9. The fourth-order valence-corrected chi connectivity index (χ4v) is 5.53. The smallest absolute Gasteiger partial charge is 0.161 e. The molecule has 6 heteroatoms. The molecule has 4 rings (SSSR count). The van der Waals surface area contributed by atoms with Gasteiger partial charge in [-0.1, -0.05) is 39.0 Å². The van der Waals surface area contributed by atoms with Gasteiger partial charge < -0.3 is 9.47 Å². The zero-order valence-corrected chi connectivity index (χ0v) is 20.8. The number of hydrogen-bond donors (Lipinski definition) is 0. The highest BCUT2D eigenvalue weighted by Crippen LogP contribution is 2.45. The maximum atomic E-state index is 13.9. The van der Waals surface area contributed by atoms with Crippen molar-refractivity contribution in [3.8, 4) is 17.6 Å². The first-order valence-electron chi connectivity index (χ1n) is 11.4. The van der Waals surface area contributed by atoms with E-state index in [2.05, 4.69) is 31.8 Å². The van der Waals surface area contributed by atoms with Crippen molar-refractivity contribution >= 4 is 22.6 Å². The largest absolute Gasteiger partial charge is 0.493 e. The van der Waals surface area contributed by atoms with Gasteiger partial charge in [-0.3, -0.25) is 0 Å². The summed E-state index contributed by atoms with van der Waals surface area (Å²) < 4.78 is 25.1. The average Bonchev–Trinajstić information content (AvgIpc) is 3.18. The fraction of sp³-hybridized carbons (Fsp3) is 0.357. The zero-order valence-electron chi connectivity index (χ0n) is 20.0. The number of nitrogens with zero attached hydrogens (tertiary/aromatic N) is 2. The van der Waals surface area contributed by atoms with E-state index in [1.807, 2.05) is 12.1 Å². The second-order valence-corrected chi connectivity index (χ2v) is 10.7. The first kappa shape index (κ1) is 24.0. The third kappa shape index (κ3) is 5.15. The number of nitriles is 1. The van der Waals surface area contributed by atoms with Gasteiger partial charge in [-0.2, -0.15) is 5.26 Å². The zero-order chi connectivity index (χ0) is 24.3. The summed E-state index contributed by atoms with van der Waals surface area (Å²) in [4.78, 5) is 5.97. The number of halogens is 1. The molecule has 0 spiro atoms. The fourth-order valence-electron chi connectivity index (χ4n) is 4.30. The average molecular weight is 477 g/mol. The van der Waals surface area contributed by atoms with Crippen LogP contribution < -0.4 is 9.47 Å². The van der Waals surface area contributed by atoms with Crippen molar-refractivity contribution < 1.29 is 13.9 Å². The molecule has 4 nitrogen and oxygen atoms in total. The third-order valence-corrected chi connectivity index (χ3v) is 7.61. The minimum Gasteiger partial charge on any atom is -0.493 e. The highest BCUT2D eigenvalue weighted by atomic mass is 32.1. The lowest BCUT2D eigenvalue weighted by Crippen LogP contribution is -2.26. The van der Waals surface area contributed by atoms with Crippen LogP contribution in [0.4, 0.5) is 9.39 Å². The number of fused-ring (bicyclic) bond motifs is 1. The Kier molecular flexibility index (Phi) is 7.04. The van der Waals surface area contributed by atoms with Crippen LogP contribution in [0.1, 0.15) is 54.3 Å². The highest BCUT2D eigenvalue weighted by Gasteiger charge is 2.32. The van der Waals surface area contributed by atoms with E-state index >= 15 is 0 Å². The van der Waals surface area contributed by atoms with Crippen LogP contribution in [0.2, 0.25) is 0 Å². The molecule has 1 heterocycles. The molecule has 1 aliphatic carbocycles. The van der Waals surface area contributed by atoms with Gasteiger partial charge in [0.25, 0.3) is 0 Å². The van der Waals surface area contributed by atoms with Crippen molar-refractivity contribution in [3.63, 3.8) is 0 Å². The molecule has 3 aromatic rings. The van der Waals surface area contributed by atoms with Gasteiger partial charge >= 0.3 is 0 Å². The SMILES string of the molecule is COc1cc(C=Nc2sc3c(c2C#N)CC[C@H](C(C)(C)C)C3)ccc1OCc1ccccc1F. The van der Waals surface area contributed by atoms with E-state index in [4.69, 9.17) is 9.47 Å². The van der Waals surface area contributed by atoms with Crippen LogP contribution in [0.3, 0.4) is 0 Å². The van der Waals surface area contributed by atoms with Crippen LogP contribution in [0, 0.1) is 28.5 Å². The van der Waals surface area contributed by atoms with Gasteiger partial charge in [-0.25, -0.2) is 9.38 Å². The van der Waals surface area contributed by atoms with E-state index in [-0.39, 0.29) is 17.8 Å². The Bertz CT molecular complexity index is 1250. The molecule has 0 fully saturated rings. The Hall–Kier alpha value is -3.17. The van der Waals surface area contributed by atoms with E-state index in [1.165, 1.54) is 16.5 Å². The normalized spacial score (nSPS) is 15.7. The van der Waals surface area contributed by atoms with Crippen molar-refractivity contribution in [1.82, 2.24) is 0 Å². The topological polar surface area (TPSA) is 54.6 Å². The molecule has 1 aliphatic rings. The summed E-state index contributed by atoms with van der Waals surface area (Å²) in [6.45, 7) is 6.98. The predicted octanol–water partition coefficient (Wildman–Crippen LogP) is 7.25. The van der Waals surface area contributed by atoms with Crippen molar-refractivity contribution in [2.75, 3.05) is 7.11 Å². The van der Waals surface area contributed by atoms with Crippen LogP contribution in [0.15, 0.2) is 47.5 Å². The van der Waals surface area contributed by atoms with Gasteiger partial charge in [-0.15, -0.1) is 11.3 Å². The van der Waals surface area contributed by atoms with E-state index < -0.39 is 0 Å². The summed E-state index contributed by atoms with van der Waals surface area (Å²) in [5.41, 5.74) is 3.45. The molecule has 176 valence electrons. The van der Waals surface area contributed by atoms with Crippen LogP contribution in [-0.2, 0) is 19.4 Å². The minimum absolute atomic E-state index is 0.109. The maximum Gasteiger partial charge on any atom is 0.161 e. The minimum atomic E-state index is -0.300. The van der Waals surface area contributed by atoms with Gasteiger partial charge in [0, 0.05) is 16.7 Å². The number of thiophene rings is 1. The summed E-state index contributed by atoms with van der Waals surface area (Å²) in [6.07, 6.45) is 4.81. The molecule has 0 saturated heterocycles. The van der Waals surface area contributed by atoms with Crippen molar-refractivity contribution in [2.24, 2.45) is 16.3 Å². The second kappa shape index (κ2) is 9.99. The summed E-state index contributed by atoms with van der Waals surface area (Å²) in [5, 5.41) is 10.6. The number of aliphatic imine (C=N–C) groups is 1. The Labute approximate surface area is 204 Å². The molecule has 1 atom stereocenters. The molecule has 2 aromatic carbocycles. The predicted molar refractivity (Wildman–Crippen MR) is 135 cm³/mol. The third-order valence-electron chi connectivity index (χ3n) is 6.44. The van der Waals surface area contributed by atoms with Crippen LogP contribution >= 0.6 is 11.3 Å². The van der Waals surface area contributed by atoms with Crippen LogP contribution in [0.25, 0.3) is 0 Å². The van der Waals surface area contributed by atoms with E-state index in [0.29, 0.717) is 28.5 Å². The monoisotopic (exact) mass is 476 g/mol. The Morgan fingerprint density at radius 1 is 1.21 bits per heavy atom. The molecular weight excluding hydrogens is 447 g/mol. The highest BCUT2D eigenvalue weighted by molar-refractivity contribution is 7.16. The van der Waals surface area contributed by atoms with Gasteiger partial charge in [-0.05, 0) is 66.0 Å². The molecule has 0 N–H and O–H groups in total. The summed E-state index contributed by atoms with van der Waals surface area (Å²) >= 11 is 1.63. The molecule has 0 aliphatic heterocycles. The Balaban J connectivity index is 1.52. The van der Waals surface area contributed by atoms with Gasteiger partial charge in [0.05, 0.1) is 12.7 Å². The lowest BCUT2D eigenvalue weighted by Gasteiger charge is -2.33. The van der Waals surface area contributed by atoms with E-state index in [9.17, 15) is 9.65 Å². The number of benzene rings is 2. The number of hydrogen-bond acceptors (Lipinski definition) is 5. The van der Waals surface area contributed by atoms with E-state index in [1.54, 1.807) is 48.9 Å². The Morgan fingerprint density at radius 3 is 2.71 bits per heavy atom. The quantitative estimate of drug-likeness (QED) is 0.352. The molecular formula is C28H29FN2O2S. The molecule has 0 bridgehead atoms. The van der Waals surface area contributed by atoms with Crippen LogP contribution in [0.5, 0.6) is 11.5 Å². The summed E-state index contributed by atoms with van der Waals surface area (Å²) in [7, 11) is 1.57. The van der Waals surface area contributed by atoms with E-state index in [0.717, 1.165) is 29.8 Å². The number of rotatable bonds is 6. The second-order valence-electron chi connectivity index (χ2n) is 9.65. The van der Waals surface area contributed by atoms with Gasteiger partial charge in [0.1, 0.15) is 23.5 Å². The molecule has 0 radical (unpaired) electrons. The van der Waals surface area contributed by atoms with Crippen molar-refractivity contribution in [3.05, 3.63) is 75.4 Å². The van der Waals surface area contributed by atoms with Gasteiger partial charge in [0.2, 0.25) is 0 Å². The lowest BCUT2D eigenvalue weighted by molar-refractivity contribution is 0.218. The lowest BCUT2D eigenvalue weighted by atomic mass is 9.72. The molecule has 1 aromatic heterocycles. The standard InChI is InChI=1S/C28H29FN2O2S/c1-28(2,3)20-10-11-21-22(15-30)27(34-26(21)14-20)31-16-18-9-12-24(25(13-18)32-4)33-17-19-7-5-6-8-23(19)29/h5-9,12-13,16,20H,10-11,14,17H2,1-4H3/t20-/m0/s1. The number of ether oxygens (including phenoxy) is 2. The molecule has 0 saturated carbocycles. The van der Waals surface area contributed by atoms with Gasteiger partial charge in [0.15, 0.2) is 11.5 Å². The summed E-state index contributed by atoms with van der Waals surface area (Å²) in [6, 6.07) is 14.4.